The number of carbonyl (C=O) groups excluding carboxylic acids is 1. The summed E-state index contributed by atoms with van der Waals surface area (Å²) >= 11 is 11.7. The Bertz CT molecular complexity index is 934. The predicted molar refractivity (Wildman–Crippen MR) is 95.5 cm³/mol. The number of pyridine rings is 3. The first-order chi connectivity index (χ1) is 12.0. The number of hydrogen-bond acceptors (Lipinski definition) is 5. The Labute approximate surface area is 153 Å². The number of ether oxygens (including phenoxy) is 1. The maximum Gasteiger partial charge on any atom is 0.275 e. The topological polar surface area (TPSA) is 77.0 Å². The lowest BCUT2D eigenvalue weighted by molar-refractivity contribution is 0.102. The van der Waals surface area contributed by atoms with Gasteiger partial charge in [0, 0.05) is 30.1 Å². The summed E-state index contributed by atoms with van der Waals surface area (Å²) in [7, 11) is 0. The van der Waals surface area contributed by atoms with Gasteiger partial charge in [0.2, 0.25) is 0 Å². The molecule has 3 aromatic rings. The number of hydrogen-bond donors (Lipinski definition) is 1. The number of nitrogens with one attached hydrogen (secondary N) is 1. The van der Waals surface area contributed by atoms with E-state index in [0.717, 1.165) is 0 Å². The van der Waals surface area contributed by atoms with Gasteiger partial charge in [0.15, 0.2) is 0 Å². The molecule has 0 unspecified atom stereocenters. The Hall–Kier alpha value is -2.70. The Kier molecular flexibility index (Phi) is 5.11. The van der Waals surface area contributed by atoms with Gasteiger partial charge >= 0.3 is 0 Å². The molecular formula is C17H12Cl2N4O2. The lowest BCUT2D eigenvalue weighted by Gasteiger charge is -2.09. The molecule has 0 saturated heterocycles. The van der Waals surface area contributed by atoms with Crippen molar-refractivity contribution >= 4 is 34.9 Å². The standard InChI is InChI=1S/C17H12Cl2N4O2/c1-10-5-12(25-13-6-11(18)8-20-9-13)7-14(21-10)17(24)23-16-4-2-3-15(19)22-16/h2-9H,1H3,(H,22,23,24). The summed E-state index contributed by atoms with van der Waals surface area (Å²) < 4.78 is 5.70. The van der Waals surface area contributed by atoms with Crippen LogP contribution in [-0.4, -0.2) is 20.9 Å². The summed E-state index contributed by atoms with van der Waals surface area (Å²) in [5, 5.41) is 3.38. The monoisotopic (exact) mass is 374 g/mol. The van der Waals surface area contributed by atoms with Crippen LogP contribution in [0.3, 0.4) is 0 Å². The molecule has 1 N–H and O–H groups in total. The fraction of sp³-hybridized carbons (Fsp3) is 0.0588. The highest BCUT2D eigenvalue weighted by Gasteiger charge is 2.12. The maximum atomic E-state index is 12.4. The lowest BCUT2D eigenvalue weighted by Crippen LogP contribution is -2.15. The van der Waals surface area contributed by atoms with Crippen LogP contribution in [-0.2, 0) is 0 Å². The summed E-state index contributed by atoms with van der Waals surface area (Å²) in [5.41, 5.74) is 0.809. The van der Waals surface area contributed by atoms with Crippen molar-refractivity contribution in [3.05, 3.63) is 70.4 Å². The van der Waals surface area contributed by atoms with Gasteiger partial charge in [0.1, 0.15) is 28.2 Å². The van der Waals surface area contributed by atoms with E-state index in [1.807, 2.05) is 0 Å². The predicted octanol–water partition coefficient (Wildman–Crippen LogP) is 4.53. The number of rotatable bonds is 4. The average Bonchev–Trinajstić information content (AvgIpc) is 2.54. The van der Waals surface area contributed by atoms with E-state index < -0.39 is 5.91 Å². The first-order valence-electron chi connectivity index (χ1n) is 7.20. The molecule has 8 heteroatoms. The molecule has 0 fully saturated rings. The van der Waals surface area contributed by atoms with Crippen LogP contribution in [0.4, 0.5) is 5.82 Å². The van der Waals surface area contributed by atoms with Gasteiger partial charge in [-0.2, -0.15) is 0 Å². The van der Waals surface area contributed by atoms with E-state index in [1.54, 1.807) is 37.3 Å². The SMILES string of the molecule is Cc1cc(Oc2cncc(Cl)c2)cc(C(=O)Nc2cccc(Cl)n2)n1. The van der Waals surface area contributed by atoms with E-state index in [4.69, 9.17) is 27.9 Å². The van der Waals surface area contributed by atoms with E-state index in [0.29, 0.717) is 28.0 Å². The molecule has 25 heavy (non-hydrogen) atoms. The van der Waals surface area contributed by atoms with Crippen LogP contribution in [0, 0.1) is 6.92 Å². The van der Waals surface area contributed by atoms with Crippen LogP contribution in [0.2, 0.25) is 10.2 Å². The van der Waals surface area contributed by atoms with Crippen LogP contribution in [0.25, 0.3) is 0 Å². The molecule has 0 aliphatic carbocycles. The number of anilines is 1. The maximum absolute atomic E-state index is 12.4. The summed E-state index contributed by atoms with van der Waals surface area (Å²) in [4.78, 5) is 24.6. The molecule has 0 spiro atoms. The highest BCUT2D eigenvalue weighted by molar-refractivity contribution is 6.30. The van der Waals surface area contributed by atoms with Gasteiger partial charge in [-0.1, -0.05) is 29.3 Å². The minimum absolute atomic E-state index is 0.187. The molecule has 1 amide bonds. The molecule has 126 valence electrons. The average molecular weight is 375 g/mol. The first kappa shape index (κ1) is 17.1. The van der Waals surface area contributed by atoms with Crippen LogP contribution in [0.15, 0.2) is 48.8 Å². The molecule has 0 radical (unpaired) electrons. The van der Waals surface area contributed by atoms with Crippen molar-refractivity contribution in [3.63, 3.8) is 0 Å². The largest absolute Gasteiger partial charge is 0.456 e. The number of aryl methyl sites for hydroxylation is 1. The van der Waals surface area contributed by atoms with Crippen molar-refractivity contribution in [1.82, 2.24) is 15.0 Å². The summed E-state index contributed by atoms with van der Waals surface area (Å²) in [6.07, 6.45) is 3.03. The lowest BCUT2D eigenvalue weighted by atomic mass is 10.2. The normalized spacial score (nSPS) is 10.4. The number of nitrogens with zero attached hydrogens (tertiary/aromatic N) is 3. The number of amides is 1. The fourth-order valence-electron chi connectivity index (χ4n) is 2.05. The third kappa shape index (κ3) is 4.65. The van der Waals surface area contributed by atoms with Crippen LogP contribution >= 0.6 is 23.2 Å². The Balaban J connectivity index is 1.82. The quantitative estimate of drug-likeness (QED) is 0.678. The van der Waals surface area contributed by atoms with Crippen LogP contribution in [0.5, 0.6) is 11.5 Å². The van der Waals surface area contributed by atoms with Crippen molar-refractivity contribution in [1.29, 1.82) is 0 Å². The third-order valence-corrected chi connectivity index (χ3v) is 3.45. The third-order valence-electron chi connectivity index (χ3n) is 3.03. The van der Waals surface area contributed by atoms with Gasteiger partial charge in [-0.15, -0.1) is 0 Å². The second-order valence-electron chi connectivity index (χ2n) is 5.07. The van der Waals surface area contributed by atoms with Crippen molar-refractivity contribution in [3.8, 4) is 11.5 Å². The van der Waals surface area contributed by atoms with E-state index in [1.165, 1.54) is 18.5 Å². The number of halogens is 2. The van der Waals surface area contributed by atoms with E-state index in [9.17, 15) is 4.79 Å². The number of aromatic nitrogens is 3. The number of carbonyl (C=O) groups is 1. The van der Waals surface area contributed by atoms with Gasteiger partial charge in [-0.3, -0.25) is 9.78 Å². The molecule has 0 bridgehead atoms. The van der Waals surface area contributed by atoms with Gasteiger partial charge in [0.05, 0.1) is 11.2 Å². The highest BCUT2D eigenvalue weighted by atomic mass is 35.5. The van der Waals surface area contributed by atoms with E-state index >= 15 is 0 Å². The molecule has 0 aromatic carbocycles. The Morgan fingerprint density at radius 2 is 1.92 bits per heavy atom. The first-order valence-corrected chi connectivity index (χ1v) is 7.96. The van der Waals surface area contributed by atoms with Crippen molar-refractivity contribution < 1.29 is 9.53 Å². The van der Waals surface area contributed by atoms with Crippen LogP contribution in [0.1, 0.15) is 16.2 Å². The zero-order valence-corrected chi connectivity index (χ0v) is 14.5. The van der Waals surface area contributed by atoms with E-state index in [-0.39, 0.29) is 10.8 Å². The van der Waals surface area contributed by atoms with Crippen LogP contribution < -0.4 is 10.1 Å². The summed E-state index contributed by atoms with van der Waals surface area (Å²) in [6, 6.07) is 9.79. The highest BCUT2D eigenvalue weighted by Crippen LogP contribution is 2.24. The molecule has 0 atom stereocenters. The Morgan fingerprint density at radius 1 is 1.08 bits per heavy atom. The summed E-state index contributed by atoms with van der Waals surface area (Å²) in [5.74, 6) is 0.816. The second-order valence-corrected chi connectivity index (χ2v) is 5.89. The fourth-order valence-corrected chi connectivity index (χ4v) is 2.38. The summed E-state index contributed by atoms with van der Waals surface area (Å²) in [6.45, 7) is 1.76. The Morgan fingerprint density at radius 3 is 2.68 bits per heavy atom. The molecule has 0 aliphatic heterocycles. The van der Waals surface area contributed by atoms with Gasteiger partial charge in [-0.05, 0) is 19.1 Å². The molecule has 3 heterocycles. The van der Waals surface area contributed by atoms with Gasteiger partial charge in [0.25, 0.3) is 5.91 Å². The minimum atomic E-state index is -0.424. The zero-order valence-electron chi connectivity index (χ0n) is 13.0. The van der Waals surface area contributed by atoms with Gasteiger partial charge in [-0.25, -0.2) is 9.97 Å². The molecular weight excluding hydrogens is 363 g/mol. The molecule has 0 saturated carbocycles. The van der Waals surface area contributed by atoms with E-state index in [2.05, 4.69) is 20.3 Å². The van der Waals surface area contributed by atoms with Crippen molar-refractivity contribution in [2.45, 2.75) is 6.92 Å². The smallest absolute Gasteiger partial charge is 0.275 e. The molecule has 3 rings (SSSR count). The van der Waals surface area contributed by atoms with Crippen molar-refractivity contribution in [2.24, 2.45) is 0 Å². The molecule has 0 aliphatic rings. The second kappa shape index (κ2) is 7.46. The van der Waals surface area contributed by atoms with Gasteiger partial charge < -0.3 is 10.1 Å². The minimum Gasteiger partial charge on any atom is -0.456 e. The molecule has 3 aromatic heterocycles. The zero-order chi connectivity index (χ0) is 17.8. The molecule has 6 nitrogen and oxygen atoms in total. The van der Waals surface area contributed by atoms with Crippen molar-refractivity contribution in [2.75, 3.05) is 5.32 Å².